The number of aromatic nitrogens is 2. The number of benzene rings is 1. The first-order valence-corrected chi connectivity index (χ1v) is 7.12. The lowest BCUT2D eigenvalue weighted by Gasteiger charge is -2.15. The zero-order valence-electron chi connectivity index (χ0n) is 10.6. The summed E-state index contributed by atoms with van der Waals surface area (Å²) >= 11 is 3.31. The number of hydrogen-bond acceptors (Lipinski definition) is 4. The maximum absolute atomic E-state index is 12.4. The molecule has 5 nitrogen and oxygen atoms in total. The largest absolute Gasteiger partial charge is 0.268 e. The number of carbonyl (C=O) groups excluding carboxylic acids is 2. The van der Waals surface area contributed by atoms with Gasteiger partial charge in [0.15, 0.2) is 5.82 Å². The fraction of sp³-hybridized carbons (Fsp3) is 0.143. The molecule has 1 aliphatic heterocycles. The Balaban J connectivity index is 2.14. The summed E-state index contributed by atoms with van der Waals surface area (Å²) in [6.07, 6.45) is 1.55. The van der Waals surface area contributed by atoms with Crippen LogP contribution < -0.4 is 4.90 Å². The van der Waals surface area contributed by atoms with Gasteiger partial charge in [-0.05, 0) is 19.1 Å². The second-order valence-corrected chi connectivity index (χ2v) is 4.97. The third kappa shape index (κ3) is 1.84. The molecule has 0 atom stereocenters. The van der Waals surface area contributed by atoms with Gasteiger partial charge in [0, 0.05) is 5.33 Å². The average Bonchev–Trinajstić information content (AvgIpc) is 2.72. The predicted octanol–water partition coefficient (Wildman–Crippen LogP) is 2.48. The molecule has 1 aromatic heterocycles. The van der Waals surface area contributed by atoms with Crippen LogP contribution in [0.5, 0.6) is 0 Å². The molecule has 2 amide bonds. The van der Waals surface area contributed by atoms with Crippen LogP contribution in [-0.4, -0.2) is 21.8 Å². The van der Waals surface area contributed by atoms with Gasteiger partial charge in [0.25, 0.3) is 11.8 Å². The molecule has 20 heavy (non-hydrogen) atoms. The highest BCUT2D eigenvalue weighted by Gasteiger charge is 2.38. The summed E-state index contributed by atoms with van der Waals surface area (Å²) in [5.41, 5.74) is 2.11. The molecule has 0 saturated heterocycles. The van der Waals surface area contributed by atoms with E-state index in [-0.39, 0.29) is 11.8 Å². The Labute approximate surface area is 123 Å². The molecular weight excluding hydrogens is 322 g/mol. The quantitative estimate of drug-likeness (QED) is 0.626. The second-order valence-electron chi connectivity index (χ2n) is 4.41. The standard InChI is InChI=1S/C14H10BrN3O2/c1-8-7-16-12(11(6-15)17-8)18-13(19)9-4-2-3-5-10(9)14(18)20/h2-5,7H,6H2,1H3. The maximum Gasteiger partial charge on any atom is 0.267 e. The van der Waals surface area contributed by atoms with Crippen LogP contribution in [-0.2, 0) is 5.33 Å². The lowest BCUT2D eigenvalue weighted by Crippen LogP contribution is -2.31. The van der Waals surface area contributed by atoms with E-state index in [4.69, 9.17) is 0 Å². The first-order valence-electron chi connectivity index (χ1n) is 5.99. The van der Waals surface area contributed by atoms with Crippen LogP contribution >= 0.6 is 15.9 Å². The van der Waals surface area contributed by atoms with E-state index in [0.29, 0.717) is 28.0 Å². The molecule has 0 aliphatic carbocycles. The van der Waals surface area contributed by atoms with Gasteiger partial charge in [0.05, 0.1) is 28.7 Å². The van der Waals surface area contributed by atoms with E-state index < -0.39 is 0 Å². The average molecular weight is 332 g/mol. The van der Waals surface area contributed by atoms with Gasteiger partial charge in [-0.2, -0.15) is 0 Å². The van der Waals surface area contributed by atoms with E-state index in [2.05, 4.69) is 25.9 Å². The molecule has 0 fully saturated rings. The van der Waals surface area contributed by atoms with Gasteiger partial charge in [-0.3, -0.25) is 14.6 Å². The molecule has 0 spiro atoms. The van der Waals surface area contributed by atoms with Crippen LogP contribution in [0.4, 0.5) is 5.82 Å². The van der Waals surface area contributed by atoms with Crippen molar-refractivity contribution in [3.8, 4) is 0 Å². The molecule has 2 heterocycles. The third-order valence-corrected chi connectivity index (χ3v) is 3.61. The first-order chi connectivity index (χ1) is 9.63. The predicted molar refractivity (Wildman–Crippen MR) is 77.0 cm³/mol. The molecule has 0 radical (unpaired) electrons. The number of anilines is 1. The number of amides is 2. The number of aryl methyl sites for hydroxylation is 1. The number of hydrogen-bond donors (Lipinski definition) is 0. The summed E-state index contributed by atoms with van der Waals surface area (Å²) in [7, 11) is 0. The van der Waals surface area contributed by atoms with Crippen molar-refractivity contribution >= 4 is 33.6 Å². The van der Waals surface area contributed by atoms with E-state index in [1.54, 1.807) is 30.5 Å². The first kappa shape index (κ1) is 12.9. The molecule has 0 unspecified atom stereocenters. The van der Waals surface area contributed by atoms with E-state index in [9.17, 15) is 9.59 Å². The number of fused-ring (bicyclic) bond motifs is 1. The molecule has 6 heteroatoms. The van der Waals surface area contributed by atoms with Crippen molar-refractivity contribution in [1.29, 1.82) is 0 Å². The highest BCUT2D eigenvalue weighted by Crippen LogP contribution is 2.29. The monoisotopic (exact) mass is 331 g/mol. The zero-order chi connectivity index (χ0) is 14.3. The Morgan fingerprint density at radius 1 is 1.15 bits per heavy atom. The Hall–Kier alpha value is -2.08. The van der Waals surface area contributed by atoms with E-state index >= 15 is 0 Å². The van der Waals surface area contributed by atoms with Crippen molar-refractivity contribution in [3.63, 3.8) is 0 Å². The Morgan fingerprint density at radius 2 is 1.75 bits per heavy atom. The summed E-state index contributed by atoms with van der Waals surface area (Å²) in [5.74, 6) is -0.421. The minimum atomic E-state index is -0.356. The van der Waals surface area contributed by atoms with Gasteiger partial charge in [0.2, 0.25) is 0 Å². The minimum Gasteiger partial charge on any atom is -0.268 e. The molecule has 3 rings (SSSR count). The van der Waals surface area contributed by atoms with Crippen molar-refractivity contribution in [2.24, 2.45) is 0 Å². The number of alkyl halides is 1. The van der Waals surface area contributed by atoms with Crippen molar-refractivity contribution in [1.82, 2.24) is 9.97 Å². The van der Waals surface area contributed by atoms with Gasteiger partial charge in [0.1, 0.15) is 0 Å². The number of halogens is 1. The summed E-state index contributed by atoms with van der Waals surface area (Å²) in [6.45, 7) is 1.81. The molecule has 0 saturated carbocycles. The van der Waals surface area contributed by atoms with Gasteiger partial charge in [-0.1, -0.05) is 28.1 Å². The number of nitrogens with zero attached hydrogens (tertiary/aromatic N) is 3. The van der Waals surface area contributed by atoms with Gasteiger partial charge >= 0.3 is 0 Å². The van der Waals surface area contributed by atoms with Crippen LogP contribution in [0.25, 0.3) is 0 Å². The topological polar surface area (TPSA) is 63.2 Å². The van der Waals surface area contributed by atoms with Crippen LogP contribution in [0.2, 0.25) is 0 Å². The molecule has 100 valence electrons. The summed E-state index contributed by atoms with van der Waals surface area (Å²) in [5, 5.41) is 0.421. The van der Waals surface area contributed by atoms with Gasteiger partial charge < -0.3 is 0 Å². The van der Waals surface area contributed by atoms with Gasteiger partial charge in [-0.25, -0.2) is 9.88 Å². The molecule has 1 aliphatic rings. The Kier molecular flexibility index (Phi) is 3.10. The second kappa shape index (κ2) is 4.79. The lowest BCUT2D eigenvalue weighted by molar-refractivity contribution is 0.0924. The SMILES string of the molecule is Cc1cnc(N2C(=O)c3ccccc3C2=O)c(CBr)n1. The van der Waals surface area contributed by atoms with Crippen LogP contribution in [0.15, 0.2) is 30.5 Å². The van der Waals surface area contributed by atoms with Crippen LogP contribution in [0.1, 0.15) is 32.1 Å². The zero-order valence-corrected chi connectivity index (χ0v) is 12.2. The van der Waals surface area contributed by atoms with E-state index in [0.717, 1.165) is 10.6 Å². The maximum atomic E-state index is 12.4. The summed E-state index contributed by atoms with van der Waals surface area (Å²) in [4.78, 5) is 34.4. The van der Waals surface area contributed by atoms with E-state index in [1.807, 2.05) is 6.92 Å². The fourth-order valence-corrected chi connectivity index (χ4v) is 2.56. The fourth-order valence-electron chi connectivity index (χ4n) is 2.18. The van der Waals surface area contributed by atoms with Crippen LogP contribution in [0.3, 0.4) is 0 Å². The third-order valence-electron chi connectivity index (χ3n) is 3.08. The van der Waals surface area contributed by atoms with E-state index in [1.165, 1.54) is 0 Å². The summed E-state index contributed by atoms with van der Waals surface area (Å²) < 4.78 is 0. The van der Waals surface area contributed by atoms with Crippen molar-refractivity contribution in [2.75, 3.05) is 4.90 Å². The minimum absolute atomic E-state index is 0.290. The molecule has 0 bridgehead atoms. The number of rotatable bonds is 2. The molecule has 2 aromatic rings. The summed E-state index contributed by atoms with van der Waals surface area (Å²) in [6, 6.07) is 6.76. The Morgan fingerprint density at radius 3 is 2.30 bits per heavy atom. The smallest absolute Gasteiger partial charge is 0.267 e. The lowest BCUT2D eigenvalue weighted by atomic mass is 10.1. The molecule has 0 N–H and O–H groups in total. The Bertz CT molecular complexity index is 695. The van der Waals surface area contributed by atoms with Crippen molar-refractivity contribution in [2.45, 2.75) is 12.3 Å². The highest BCUT2D eigenvalue weighted by atomic mass is 79.9. The van der Waals surface area contributed by atoms with Gasteiger partial charge in [-0.15, -0.1) is 0 Å². The highest BCUT2D eigenvalue weighted by molar-refractivity contribution is 9.08. The number of carbonyl (C=O) groups is 2. The normalized spacial score (nSPS) is 13.8. The molecular formula is C14H10BrN3O2. The van der Waals surface area contributed by atoms with Crippen LogP contribution in [0, 0.1) is 6.92 Å². The van der Waals surface area contributed by atoms with Crippen molar-refractivity contribution < 1.29 is 9.59 Å². The number of imide groups is 1. The molecule has 1 aromatic carbocycles. The van der Waals surface area contributed by atoms with Crippen molar-refractivity contribution in [3.05, 3.63) is 53.0 Å².